The molecule has 0 amide bonds. The molecule has 5 nitrogen and oxygen atoms in total. The first kappa shape index (κ1) is 9.76. The summed E-state index contributed by atoms with van der Waals surface area (Å²) < 4.78 is 0. The van der Waals surface area contributed by atoms with Crippen LogP contribution in [0.1, 0.15) is 16.1 Å². The van der Waals surface area contributed by atoms with Crippen molar-refractivity contribution in [1.29, 1.82) is 0 Å². The molecule has 13 heavy (non-hydrogen) atoms. The molecule has 0 unspecified atom stereocenters. The van der Waals surface area contributed by atoms with Crippen molar-refractivity contribution < 1.29 is 15.1 Å². The molecule has 0 radical (unpaired) electrons. The Morgan fingerprint density at radius 1 is 1.69 bits per heavy atom. The fraction of sp³-hybridized carbons (Fsp3) is 0.143. The summed E-state index contributed by atoms with van der Waals surface area (Å²) in [4.78, 5) is 14.3. The van der Waals surface area contributed by atoms with Crippen molar-refractivity contribution in [3.63, 3.8) is 0 Å². The van der Waals surface area contributed by atoms with Gasteiger partial charge in [0.25, 0.3) is 0 Å². The van der Waals surface area contributed by atoms with E-state index in [-0.39, 0.29) is 22.1 Å². The first-order valence-corrected chi connectivity index (χ1v) is 3.74. The molecule has 0 aliphatic heterocycles. The predicted molar refractivity (Wildman–Crippen MR) is 46.4 cm³/mol. The van der Waals surface area contributed by atoms with Gasteiger partial charge in [0.2, 0.25) is 0 Å². The molecule has 0 saturated heterocycles. The number of halogens is 1. The van der Waals surface area contributed by atoms with Crippen molar-refractivity contribution in [3.8, 4) is 0 Å². The second kappa shape index (κ2) is 3.59. The zero-order chi connectivity index (χ0) is 10.0. The van der Waals surface area contributed by atoms with Crippen LogP contribution in [-0.4, -0.2) is 21.3 Å². The highest BCUT2D eigenvalue weighted by Gasteiger charge is 2.12. The first-order valence-electron chi connectivity index (χ1n) is 3.36. The van der Waals surface area contributed by atoms with Gasteiger partial charge in [0.1, 0.15) is 0 Å². The van der Waals surface area contributed by atoms with Gasteiger partial charge < -0.3 is 5.11 Å². The predicted octanol–water partition coefficient (Wildman–Crippen LogP) is 1.54. The molecule has 0 fully saturated rings. The van der Waals surface area contributed by atoms with E-state index < -0.39 is 5.97 Å². The number of anilines is 1. The van der Waals surface area contributed by atoms with E-state index >= 15 is 0 Å². The summed E-state index contributed by atoms with van der Waals surface area (Å²) in [5.74, 6) is -1.06. The minimum absolute atomic E-state index is 0.0176. The largest absolute Gasteiger partial charge is 0.478 e. The minimum atomic E-state index is -1.10. The Morgan fingerprint density at radius 3 is 2.77 bits per heavy atom. The lowest BCUT2D eigenvalue weighted by Gasteiger charge is -2.05. The summed E-state index contributed by atoms with van der Waals surface area (Å²) >= 11 is 5.60. The monoisotopic (exact) mass is 202 g/mol. The second-order valence-electron chi connectivity index (χ2n) is 2.37. The van der Waals surface area contributed by atoms with E-state index in [0.29, 0.717) is 0 Å². The molecule has 0 bridgehead atoms. The maximum atomic E-state index is 10.6. The molecular weight excluding hydrogens is 196 g/mol. The zero-order valence-corrected chi connectivity index (χ0v) is 7.46. The molecule has 3 N–H and O–H groups in total. The highest BCUT2D eigenvalue weighted by Crippen LogP contribution is 2.21. The number of aromatic nitrogens is 1. The lowest BCUT2D eigenvalue weighted by molar-refractivity contribution is 0.0695. The third-order valence-corrected chi connectivity index (χ3v) is 1.79. The number of aryl methyl sites for hydroxylation is 1. The summed E-state index contributed by atoms with van der Waals surface area (Å²) in [5.41, 5.74) is 2.07. The number of aromatic carboxylic acids is 1. The molecule has 1 aromatic rings. The summed E-state index contributed by atoms with van der Waals surface area (Å²) in [5, 5.41) is 17.3. The van der Waals surface area contributed by atoms with Crippen LogP contribution in [-0.2, 0) is 0 Å². The smallest absolute Gasteiger partial charge is 0.337 e. The van der Waals surface area contributed by atoms with E-state index in [4.69, 9.17) is 21.9 Å². The number of carbonyl (C=O) groups is 1. The van der Waals surface area contributed by atoms with Crippen molar-refractivity contribution in [2.75, 3.05) is 5.48 Å². The van der Waals surface area contributed by atoms with Crippen LogP contribution in [0.5, 0.6) is 0 Å². The van der Waals surface area contributed by atoms with Crippen LogP contribution >= 0.6 is 11.6 Å². The Kier molecular flexibility index (Phi) is 2.69. The van der Waals surface area contributed by atoms with Crippen LogP contribution in [0.4, 0.5) is 5.82 Å². The second-order valence-corrected chi connectivity index (χ2v) is 2.78. The van der Waals surface area contributed by atoms with Gasteiger partial charge >= 0.3 is 5.97 Å². The van der Waals surface area contributed by atoms with Gasteiger partial charge in [-0.2, -0.15) is 0 Å². The standard InChI is InChI=1S/C7H7ClN2O3/c1-3-4(7(11)12)2-5(8)6(9-3)10-13/h2,13H,1H3,(H,9,10)(H,11,12). The molecule has 0 saturated carbocycles. The summed E-state index contributed by atoms with van der Waals surface area (Å²) in [7, 11) is 0. The summed E-state index contributed by atoms with van der Waals surface area (Å²) in [6.07, 6.45) is 0. The van der Waals surface area contributed by atoms with Gasteiger partial charge in [-0.25, -0.2) is 9.78 Å². The van der Waals surface area contributed by atoms with E-state index in [9.17, 15) is 4.79 Å². The van der Waals surface area contributed by atoms with Crippen molar-refractivity contribution in [3.05, 3.63) is 22.3 Å². The van der Waals surface area contributed by atoms with Crippen molar-refractivity contribution in [1.82, 2.24) is 4.98 Å². The highest BCUT2D eigenvalue weighted by molar-refractivity contribution is 6.33. The topological polar surface area (TPSA) is 82.5 Å². The zero-order valence-electron chi connectivity index (χ0n) is 6.71. The molecule has 1 heterocycles. The molecule has 0 atom stereocenters. The van der Waals surface area contributed by atoms with Crippen molar-refractivity contribution in [2.45, 2.75) is 6.92 Å². The number of hydrogen-bond acceptors (Lipinski definition) is 4. The molecule has 0 aliphatic carbocycles. The summed E-state index contributed by atoms with van der Waals surface area (Å²) in [6, 6.07) is 1.23. The Labute approximate surface area is 78.9 Å². The molecule has 70 valence electrons. The normalized spacial score (nSPS) is 9.77. The molecule has 0 aliphatic rings. The number of pyridine rings is 1. The Balaban J connectivity index is 3.28. The van der Waals surface area contributed by atoms with Crippen LogP contribution in [0.3, 0.4) is 0 Å². The number of hydrogen-bond donors (Lipinski definition) is 3. The molecule has 1 aromatic heterocycles. The maximum Gasteiger partial charge on any atom is 0.337 e. The average Bonchev–Trinajstić information content (AvgIpc) is 2.07. The fourth-order valence-electron chi connectivity index (χ4n) is 0.876. The van der Waals surface area contributed by atoms with E-state index in [1.807, 2.05) is 0 Å². The van der Waals surface area contributed by atoms with Crippen molar-refractivity contribution >= 4 is 23.4 Å². The Bertz CT molecular complexity index is 354. The number of carboxylic acid groups (broad SMARTS) is 1. The van der Waals surface area contributed by atoms with Crippen LogP contribution in [0, 0.1) is 6.92 Å². The third-order valence-electron chi connectivity index (χ3n) is 1.50. The third kappa shape index (κ3) is 1.88. The average molecular weight is 203 g/mol. The van der Waals surface area contributed by atoms with Gasteiger partial charge in [0, 0.05) is 0 Å². The molecule has 6 heteroatoms. The van der Waals surface area contributed by atoms with Gasteiger partial charge in [-0.05, 0) is 13.0 Å². The van der Waals surface area contributed by atoms with E-state index in [0.717, 1.165) is 0 Å². The highest BCUT2D eigenvalue weighted by atomic mass is 35.5. The van der Waals surface area contributed by atoms with Gasteiger partial charge in [-0.1, -0.05) is 11.6 Å². The van der Waals surface area contributed by atoms with Gasteiger partial charge in [-0.3, -0.25) is 10.7 Å². The maximum absolute atomic E-state index is 10.6. The van der Waals surface area contributed by atoms with Gasteiger partial charge in [0.15, 0.2) is 5.82 Å². The molecular formula is C7H7ClN2O3. The molecule has 0 aromatic carbocycles. The van der Waals surface area contributed by atoms with Crippen LogP contribution in [0.25, 0.3) is 0 Å². The van der Waals surface area contributed by atoms with Crippen LogP contribution < -0.4 is 5.48 Å². The minimum Gasteiger partial charge on any atom is -0.478 e. The number of rotatable bonds is 2. The lowest BCUT2D eigenvalue weighted by atomic mass is 10.2. The Morgan fingerprint density at radius 2 is 2.31 bits per heavy atom. The SMILES string of the molecule is Cc1nc(NO)c(Cl)cc1C(=O)O. The van der Waals surface area contributed by atoms with Crippen LogP contribution in [0.2, 0.25) is 5.02 Å². The quantitative estimate of drug-likeness (QED) is 0.634. The summed E-state index contributed by atoms with van der Waals surface area (Å²) in [6.45, 7) is 1.51. The number of nitrogens with one attached hydrogen (secondary N) is 1. The van der Waals surface area contributed by atoms with E-state index in [2.05, 4.69) is 4.98 Å². The van der Waals surface area contributed by atoms with Gasteiger partial charge in [0.05, 0.1) is 16.3 Å². The Hall–Kier alpha value is -1.33. The molecule has 0 spiro atoms. The van der Waals surface area contributed by atoms with Crippen molar-refractivity contribution in [2.24, 2.45) is 0 Å². The van der Waals surface area contributed by atoms with E-state index in [1.165, 1.54) is 13.0 Å². The number of carboxylic acids is 1. The fourth-order valence-corrected chi connectivity index (χ4v) is 1.07. The van der Waals surface area contributed by atoms with Crippen LogP contribution in [0.15, 0.2) is 6.07 Å². The molecule has 1 rings (SSSR count). The first-order chi connectivity index (χ1) is 6.06. The number of nitrogens with zero attached hydrogens (tertiary/aromatic N) is 1. The lowest BCUT2D eigenvalue weighted by Crippen LogP contribution is -2.04. The van der Waals surface area contributed by atoms with E-state index in [1.54, 1.807) is 5.48 Å². The van der Waals surface area contributed by atoms with Gasteiger partial charge in [-0.15, -0.1) is 0 Å².